The van der Waals surface area contributed by atoms with E-state index >= 15 is 0 Å². The van der Waals surface area contributed by atoms with Gasteiger partial charge in [-0.25, -0.2) is 8.78 Å². The lowest BCUT2D eigenvalue weighted by Crippen LogP contribution is -2.17. The number of amides is 1. The minimum atomic E-state index is -0.662. The number of carbonyl (C=O) groups excluding carboxylic acids is 1. The molecule has 23 heavy (non-hydrogen) atoms. The molecule has 0 aliphatic rings. The van der Waals surface area contributed by atoms with Gasteiger partial charge in [0.1, 0.15) is 17.5 Å². The van der Waals surface area contributed by atoms with E-state index in [-0.39, 0.29) is 5.84 Å². The van der Waals surface area contributed by atoms with Crippen molar-refractivity contribution in [3.05, 3.63) is 53.6 Å². The first-order valence-electron chi connectivity index (χ1n) is 6.48. The monoisotopic (exact) mass is 336 g/mol. The van der Waals surface area contributed by atoms with E-state index in [0.29, 0.717) is 21.8 Å². The lowest BCUT2D eigenvalue weighted by atomic mass is 10.1. The molecule has 2 rings (SSSR count). The van der Waals surface area contributed by atoms with E-state index in [4.69, 9.17) is 11.5 Å². The summed E-state index contributed by atoms with van der Waals surface area (Å²) in [6, 6.07) is 8.05. The van der Waals surface area contributed by atoms with Crippen LogP contribution in [0.4, 0.5) is 20.2 Å². The summed E-state index contributed by atoms with van der Waals surface area (Å²) in [5, 5.41) is 0. The molecule has 0 fully saturated rings. The summed E-state index contributed by atoms with van der Waals surface area (Å²) >= 11 is 1.02. The zero-order valence-electron chi connectivity index (χ0n) is 12.1. The molecule has 0 aliphatic heterocycles. The van der Waals surface area contributed by atoms with E-state index < -0.39 is 17.5 Å². The average Bonchev–Trinajstić information content (AvgIpc) is 2.44. The minimum Gasteiger partial charge on any atom is -0.398 e. The lowest BCUT2D eigenvalue weighted by molar-refractivity contribution is -0.115. The third-order valence-electron chi connectivity index (χ3n) is 2.73. The fourth-order valence-electron chi connectivity index (χ4n) is 1.78. The quantitative estimate of drug-likeness (QED) is 0.345. The van der Waals surface area contributed by atoms with Crippen LogP contribution in [0.25, 0.3) is 0 Å². The predicted octanol–water partition coefficient (Wildman–Crippen LogP) is 2.92. The lowest BCUT2D eigenvalue weighted by Gasteiger charge is -2.10. The van der Waals surface area contributed by atoms with Crippen LogP contribution in [0, 0.1) is 11.6 Å². The van der Waals surface area contributed by atoms with Gasteiger partial charge in [0.25, 0.3) is 0 Å². The second kappa shape index (κ2) is 7.10. The SMILES string of the molecule is CC(=O)N=C(N)c1cc(NSc2cc(F)cc(F)c2)ccc1N. The van der Waals surface area contributed by atoms with Crippen molar-refractivity contribution in [2.45, 2.75) is 11.8 Å². The zero-order chi connectivity index (χ0) is 17.0. The first-order valence-corrected chi connectivity index (χ1v) is 7.30. The number of carbonyl (C=O) groups is 1. The molecule has 5 nitrogen and oxygen atoms in total. The maximum atomic E-state index is 13.1. The Hall–Kier alpha value is -2.61. The van der Waals surface area contributed by atoms with Crippen molar-refractivity contribution < 1.29 is 13.6 Å². The number of benzene rings is 2. The standard InChI is InChI=1S/C15H14F2N4OS/c1-8(22)20-15(19)13-7-11(2-3-14(13)18)21-23-12-5-9(16)4-10(17)6-12/h2-7,21H,18H2,1H3,(H2,19,20,22). The van der Waals surface area contributed by atoms with Gasteiger partial charge in [-0.3, -0.25) is 4.79 Å². The van der Waals surface area contributed by atoms with Crippen molar-refractivity contribution in [3.8, 4) is 0 Å². The molecule has 0 aromatic heterocycles. The van der Waals surface area contributed by atoms with Gasteiger partial charge in [-0.05, 0) is 42.3 Å². The van der Waals surface area contributed by atoms with Gasteiger partial charge < -0.3 is 16.2 Å². The number of nitrogens with zero attached hydrogens (tertiary/aromatic N) is 1. The third kappa shape index (κ3) is 4.68. The highest BCUT2D eigenvalue weighted by atomic mass is 32.2. The zero-order valence-corrected chi connectivity index (χ0v) is 13.0. The van der Waals surface area contributed by atoms with Crippen molar-refractivity contribution in [3.63, 3.8) is 0 Å². The number of anilines is 2. The fraction of sp³-hybridized carbons (Fsp3) is 0.0667. The van der Waals surface area contributed by atoms with Crippen LogP contribution in [0.15, 0.2) is 46.3 Å². The molecule has 0 spiro atoms. The first-order chi connectivity index (χ1) is 10.8. The Morgan fingerprint density at radius 3 is 2.43 bits per heavy atom. The smallest absolute Gasteiger partial charge is 0.244 e. The van der Waals surface area contributed by atoms with E-state index in [2.05, 4.69) is 9.71 Å². The molecule has 2 aromatic carbocycles. The van der Waals surface area contributed by atoms with Gasteiger partial charge in [0.15, 0.2) is 0 Å². The summed E-state index contributed by atoms with van der Waals surface area (Å²) in [5.74, 6) is -1.76. The van der Waals surface area contributed by atoms with Crippen molar-refractivity contribution in [2.24, 2.45) is 10.7 Å². The molecule has 0 unspecified atom stereocenters. The summed E-state index contributed by atoms with van der Waals surface area (Å²) in [6.07, 6.45) is 0. The number of nitrogen functional groups attached to an aromatic ring is 1. The maximum Gasteiger partial charge on any atom is 0.244 e. The van der Waals surface area contributed by atoms with E-state index in [0.717, 1.165) is 18.0 Å². The molecule has 0 saturated carbocycles. The van der Waals surface area contributed by atoms with Crippen LogP contribution in [0.5, 0.6) is 0 Å². The highest BCUT2D eigenvalue weighted by Crippen LogP contribution is 2.25. The van der Waals surface area contributed by atoms with Crippen molar-refractivity contribution >= 4 is 35.1 Å². The number of hydrogen-bond donors (Lipinski definition) is 3. The number of nitrogens with one attached hydrogen (secondary N) is 1. The van der Waals surface area contributed by atoms with E-state index in [1.165, 1.54) is 19.1 Å². The molecule has 8 heteroatoms. The van der Waals surface area contributed by atoms with Crippen LogP contribution in [0.2, 0.25) is 0 Å². The van der Waals surface area contributed by atoms with Crippen molar-refractivity contribution in [1.82, 2.24) is 0 Å². The summed E-state index contributed by atoms with van der Waals surface area (Å²) < 4.78 is 29.2. The summed E-state index contributed by atoms with van der Waals surface area (Å²) in [4.78, 5) is 15.0. The van der Waals surface area contributed by atoms with E-state index in [9.17, 15) is 13.6 Å². The molecule has 0 aliphatic carbocycles. The molecule has 0 atom stereocenters. The van der Waals surface area contributed by atoms with Crippen LogP contribution in [-0.2, 0) is 4.79 Å². The number of nitrogens with two attached hydrogens (primary N) is 2. The normalized spacial score (nSPS) is 11.3. The van der Waals surface area contributed by atoms with Crippen LogP contribution >= 0.6 is 11.9 Å². The van der Waals surface area contributed by atoms with Crippen LogP contribution in [0.1, 0.15) is 12.5 Å². The van der Waals surface area contributed by atoms with Gasteiger partial charge in [-0.2, -0.15) is 4.99 Å². The fourth-order valence-corrected chi connectivity index (χ4v) is 2.48. The topological polar surface area (TPSA) is 93.5 Å². The van der Waals surface area contributed by atoms with Gasteiger partial charge >= 0.3 is 0 Å². The number of aliphatic imine (C=N–C) groups is 1. The highest BCUT2D eigenvalue weighted by molar-refractivity contribution is 8.00. The molecule has 5 N–H and O–H groups in total. The number of hydrogen-bond acceptors (Lipinski definition) is 4. The molecular formula is C15H14F2N4OS. The molecule has 0 heterocycles. The van der Waals surface area contributed by atoms with Gasteiger partial charge in [-0.15, -0.1) is 0 Å². The molecule has 120 valence electrons. The molecule has 0 bridgehead atoms. The van der Waals surface area contributed by atoms with Crippen LogP contribution in [-0.4, -0.2) is 11.7 Å². The Kier molecular flexibility index (Phi) is 5.17. The van der Waals surface area contributed by atoms with Crippen molar-refractivity contribution in [1.29, 1.82) is 0 Å². The van der Waals surface area contributed by atoms with E-state index in [1.54, 1.807) is 18.2 Å². The second-order valence-electron chi connectivity index (χ2n) is 4.63. The van der Waals surface area contributed by atoms with Gasteiger partial charge in [0.05, 0.1) is 0 Å². The Morgan fingerprint density at radius 2 is 1.83 bits per heavy atom. The first kappa shape index (κ1) is 16.8. The number of amidine groups is 1. The maximum absolute atomic E-state index is 13.1. The summed E-state index contributed by atoms with van der Waals surface area (Å²) in [7, 11) is 0. The summed E-state index contributed by atoms with van der Waals surface area (Å²) in [5.41, 5.74) is 12.9. The molecule has 2 aromatic rings. The van der Waals surface area contributed by atoms with Crippen molar-refractivity contribution in [2.75, 3.05) is 10.5 Å². The molecule has 0 saturated heterocycles. The third-order valence-corrected chi connectivity index (χ3v) is 3.54. The van der Waals surface area contributed by atoms with Crippen LogP contribution < -0.4 is 16.2 Å². The molecular weight excluding hydrogens is 322 g/mol. The van der Waals surface area contributed by atoms with Crippen LogP contribution in [0.3, 0.4) is 0 Å². The average molecular weight is 336 g/mol. The minimum absolute atomic E-state index is 0.000417. The molecule has 1 amide bonds. The highest BCUT2D eigenvalue weighted by Gasteiger charge is 2.07. The molecule has 0 radical (unpaired) electrons. The van der Waals surface area contributed by atoms with Gasteiger partial charge in [-0.1, -0.05) is 0 Å². The number of halogens is 2. The summed E-state index contributed by atoms with van der Waals surface area (Å²) in [6.45, 7) is 1.28. The van der Waals surface area contributed by atoms with Gasteiger partial charge in [0, 0.05) is 34.8 Å². The Balaban J connectivity index is 2.19. The van der Waals surface area contributed by atoms with E-state index in [1.807, 2.05) is 0 Å². The Morgan fingerprint density at radius 1 is 1.17 bits per heavy atom. The Labute approximate surface area is 135 Å². The number of rotatable bonds is 4. The predicted molar refractivity (Wildman–Crippen MR) is 88.1 cm³/mol. The Bertz CT molecular complexity index is 760. The largest absolute Gasteiger partial charge is 0.398 e. The second-order valence-corrected chi connectivity index (χ2v) is 5.51. The van der Waals surface area contributed by atoms with Gasteiger partial charge in [0.2, 0.25) is 5.91 Å².